The number of nitrogens with two attached hydrogens (primary N) is 1. The van der Waals surface area contributed by atoms with Gasteiger partial charge in [0, 0.05) is 22.6 Å². The van der Waals surface area contributed by atoms with E-state index in [0.717, 1.165) is 45.0 Å². The molecule has 4 rings (SSSR count). The van der Waals surface area contributed by atoms with Gasteiger partial charge in [-0.3, -0.25) is 0 Å². The van der Waals surface area contributed by atoms with E-state index in [4.69, 9.17) is 10.5 Å². The number of benzene rings is 3. The minimum atomic E-state index is -1.19. The highest BCUT2D eigenvalue weighted by Gasteiger charge is 2.32. The van der Waals surface area contributed by atoms with Gasteiger partial charge in [-0.15, -0.1) is 11.8 Å². The highest BCUT2D eigenvalue weighted by atomic mass is 32.2. The van der Waals surface area contributed by atoms with Crippen LogP contribution in [0.1, 0.15) is 28.9 Å². The Hall–Kier alpha value is -2.18. The summed E-state index contributed by atoms with van der Waals surface area (Å²) in [6.07, 6.45) is 1.37. The molecule has 0 amide bonds. The van der Waals surface area contributed by atoms with Crippen molar-refractivity contribution in [2.75, 3.05) is 7.11 Å². The Morgan fingerprint density at radius 2 is 1.82 bits per heavy atom. The second-order valence-corrected chi connectivity index (χ2v) is 8.16. The Bertz CT molecular complexity index is 1070. The zero-order valence-corrected chi connectivity index (χ0v) is 16.4. The van der Waals surface area contributed by atoms with Crippen LogP contribution in [0.2, 0.25) is 0 Å². The summed E-state index contributed by atoms with van der Waals surface area (Å²) < 4.78 is 46.8. The van der Waals surface area contributed by atoms with E-state index in [1.807, 2.05) is 18.2 Å². The van der Waals surface area contributed by atoms with Crippen molar-refractivity contribution in [3.63, 3.8) is 0 Å². The number of methoxy groups -OCH3 is 1. The highest BCUT2D eigenvalue weighted by molar-refractivity contribution is 7.99. The van der Waals surface area contributed by atoms with E-state index >= 15 is 0 Å². The largest absolute Gasteiger partial charge is 0.496 e. The van der Waals surface area contributed by atoms with E-state index < -0.39 is 28.7 Å². The Kier molecular flexibility index (Phi) is 5.02. The quantitative estimate of drug-likeness (QED) is 0.583. The second kappa shape index (κ2) is 7.33. The summed E-state index contributed by atoms with van der Waals surface area (Å²) in [6, 6.07) is 9.24. The molecule has 0 aliphatic carbocycles. The van der Waals surface area contributed by atoms with Gasteiger partial charge in [0.1, 0.15) is 11.6 Å². The monoisotopic (exact) mass is 403 g/mol. The van der Waals surface area contributed by atoms with Crippen LogP contribution in [0.25, 0.3) is 10.8 Å². The number of hydrogen-bond donors (Lipinski definition) is 1. The Morgan fingerprint density at radius 1 is 1.07 bits per heavy atom. The molecule has 6 heteroatoms. The molecular weight excluding hydrogens is 383 g/mol. The lowest BCUT2D eigenvalue weighted by Gasteiger charge is -2.31. The van der Waals surface area contributed by atoms with Gasteiger partial charge in [-0.1, -0.05) is 13.0 Å². The highest BCUT2D eigenvalue weighted by Crippen LogP contribution is 2.47. The van der Waals surface area contributed by atoms with Crippen LogP contribution in [0.15, 0.2) is 41.3 Å². The third-order valence-corrected chi connectivity index (χ3v) is 6.79. The van der Waals surface area contributed by atoms with Gasteiger partial charge < -0.3 is 10.5 Å². The number of aryl methyl sites for hydroxylation is 1. The van der Waals surface area contributed by atoms with Gasteiger partial charge in [0.25, 0.3) is 0 Å². The molecule has 3 aromatic carbocycles. The van der Waals surface area contributed by atoms with Gasteiger partial charge in [0.2, 0.25) is 0 Å². The van der Waals surface area contributed by atoms with Crippen LogP contribution in [-0.4, -0.2) is 13.2 Å². The molecule has 0 bridgehead atoms. The van der Waals surface area contributed by atoms with Gasteiger partial charge in [-0.25, -0.2) is 13.2 Å². The predicted octanol–water partition coefficient (Wildman–Crippen LogP) is 5.54. The lowest BCUT2D eigenvalue weighted by atomic mass is 9.93. The summed E-state index contributed by atoms with van der Waals surface area (Å²) >= 11 is 1.39. The van der Waals surface area contributed by atoms with Crippen molar-refractivity contribution in [3.8, 4) is 5.75 Å². The molecule has 2 atom stereocenters. The number of halogens is 3. The standard InChI is InChI=1S/C22H20F3NOS/c1-3-11-6-12-4-5-21-14(13(12)9-20(11)27-2)8-19(26)22(28-21)15-7-17(24)18(25)10-16(15)23/h4-7,9-10,19,22H,3,8,26H2,1-2H3/t19-,22+/m0/s1. The molecule has 0 saturated heterocycles. The summed E-state index contributed by atoms with van der Waals surface area (Å²) in [6.45, 7) is 2.08. The van der Waals surface area contributed by atoms with E-state index in [0.29, 0.717) is 12.5 Å². The summed E-state index contributed by atoms with van der Waals surface area (Å²) in [7, 11) is 1.65. The lowest BCUT2D eigenvalue weighted by molar-refractivity contribution is 0.411. The van der Waals surface area contributed by atoms with Gasteiger partial charge >= 0.3 is 0 Å². The maximum absolute atomic E-state index is 14.3. The van der Waals surface area contributed by atoms with Gasteiger partial charge in [-0.2, -0.15) is 0 Å². The van der Waals surface area contributed by atoms with Crippen molar-refractivity contribution >= 4 is 22.5 Å². The molecule has 146 valence electrons. The fraction of sp³-hybridized carbons (Fsp3) is 0.273. The normalized spacial score (nSPS) is 18.9. The fourth-order valence-corrected chi connectivity index (χ4v) is 5.18. The van der Waals surface area contributed by atoms with Crippen molar-refractivity contribution in [3.05, 3.63) is 70.5 Å². The number of ether oxygens (including phenoxy) is 1. The molecule has 2 N–H and O–H groups in total. The number of fused-ring (bicyclic) bond motifs is 3. The van der Waals surface area contributed by atoms with Crippen molar-refractivity contribution in [1.82, 2.24) is 0 Å². The van der Waals surface area contributed by atoms with E-state index in [1.165, 1.54) is 11.8 Å². The second-order valence-electron chi connectivity index (χ2n) is 6.98. The van der Waals surface area contributed by atoms with Gasteiger partial charge in [-0.05, 0) is 59.0 Å². The van der Waals surface area contributed by atoms with Crippen molar-refractivity contribution in [2.24, 2.45) is 5.73 Å². The van der Waals surface area contributed by atoms with Gasteiger partial charge in [0.15, 0.2) is 11.6 Å². The van der Waals surface area contributed by atoms with E-state index in [1.54, 1.807) is 7.11 Å². The summed E-state index contributed by atoms with van der Waals surface area (Å²) in [4.78, 5) is 0.967. The van der Waals surface area contributed by atoms with Crippen molar-refractivity contribution < 1.29 is 17.9 Å². The third-order valence-electron chi connectivity index (χ3n) is 5.30. The zero-order valence-electron chi connectivity index (χ0n) is 15.6. The van der Waals surface area contributed by atoms with Crippen molar-refractivity contribution in [1.29, 1.82) is 0 Å². The van der Waals surface area contributed by atoms with E-state index in [9.17, 15) is 13.2 Å². The van der Waals surface area contributed by atoms with Crippen LogP contribution in [0.3, 0.4) is 0 Å². The molecule has 0 saturated carbocycles. The molecule has 1 aliphatic heterocycles. The molecule has 0 fully saturated rings. The SMILES string of the molecule is CCc1cc2ccc3c(c2cc1OC)C[C@H](N)[C@@H](c1cc(F)c(F)cc1F)S3. The average Bonchev–Trinajstić information content (AvgIpc) is 2.69. The molecule has 0 unspecified atom stereocenters. The Morgan fingerprint density at radius 3 is 2.54 bits per heavy atom. The maximum atomic E-state index is 14.3. The topological polar surface area (TPSA) is 35.2 Å². The van der Waals surface area contributed by atoms with Crippen LogP contribution >= 0.6 is 11.8 Å². The molecule has 0 aromatic heterocycles. The Balaban J connectivity index is 1.80. The predicted molar refractivity (Wildman–Crippen MR) is 106 cm³/mol. The van der Waals surface area contributed by atoms with Crippen LogP contribution < -0.4 is 10.5 Å². The molecule has 1 heterocycles. The van der Waals surface area contributed by atoms with E-state index in [-0.39, 0.29) is 5.56 Å². The average molecular weight is 403 g/mol. The molecule has 1 aliphatic rings. The third kappa shape index (κ3) is 3.14. The first-order valence-electron chi connectivity index (χ1n) is 9.12. The zero-order chi connectivity index (χ0) is 20.0. The van der Waals surface area contributed by atoms with E-state index in [2.05, 4.69) is 13.0 Å². The smallest absolute Gasteiger partial charge is 0.161 e. The molecule has 3 aromatic rings. The number of thioether (sulfide) groups is 1. The Labute approximate surface area is 165 Å². The molecular formula is C22H20F3NOS. The fourth-order valence-electron chi connectivity index (χ4n) is 3.85. The lowest BCUT2D eigenvalue weighted by Crippen LogP contribution is -2.32. The molecule has 0 radical (unpaired) electrons. The summed E-state index contributed by atoms with van der Waals surface area (Å²) in [5.74, 6) is -2.20. The van der Waals surface area contributed by atoms with Crippen LogP contribution in [0.5, 0.6) is 5.75 Å². The molecule has 2 nitrogen and oxygen atoms in total. The summed E-state index contributed by atoms with van der Waals surface area (Å²) in [5.41, 5.74) is 8.67. The van der Waals surface area contributed by atoms with Gasteiger partial charge in [0.05, 0.1) is 12.4 Å². The van der Waals surface area contributed by atoms with Crippen LogP contribution in [-0.2, 0) is 12.8 Å². The summed E-state index contributed by atoms with van der Waals surface area (Å²) in [5, 5.41) is 1.66. The minimum absolute atomic E-state index is 0.0982. The van der Waals surface area contributed by atoms with Crippen LogP contribution in [0.4, 0.5) is 13.2 Å². The maximum Gasteiger partial charge on any atom is 0.161 e. The first kappa shape index (κ1) is 19.2. The first-order valence-corrected chi connectivity index (χ1v) is 10.00. The first-order chi connectivity index (χ1) is 13.4. The number of rotatable bonds is 3. The van der Waals surface area contributed by atoms with Crippen molar-refractivity contribution in [2.45, 2.75) is 36.0 Å². The van der Waals surface area contributed by atoms with Crippen LogP contribution in [0, 0.1) is 17.5 Å². The number of hydrogen-bond acceptors (Lipinski definition) is 3. The molecule has 28 heavy (non-hydrogen) atoms. The minimum Gasteiger partial charge on any atom is -0.496 e. The molecule has 0 spiro atoms.